The number of hydrogen-bond acceptors (Lipinski definition) is 7. The molecule has 0 amide bonds. The van der Waals surface area contributed by atoms with E-state index in [9.17, 15) is 5.26 Å². The van der Waals surface area contributed by atoms with E-state index in [2.05, 4.69) is 44.9 Å². The van der Waals surface area contributed by atoms with Gasteiger partial charge in [0.1, 0.15) is 11.8 Å². The highest BCUT2D eigenvalue weighted by atomic mass is 16.5. The summed E-state index contributed by atoms with van der Waals surface area (Å²) in [5.74, 6) is 1.50. The molecule has 6 rings (SSSR count). The van der Waals surface area contributed by atoms with Crippen LogP contribution < -0.4 is 21.1 Å². The standard InChI is InChI=1S/C24H21N7O/c25-8-17-13-31-23(30-17)19(14-1-2-15-9-27-10-16(15)7-14)11-28-24(31)29-12-20-18-5-6-32-22(18)4-3-21(20)26/h1-4,7,11,13,27H,5-6,9-10,12,26H2,(H,28,29). The Kier molecular flexibility index (Phi) is 4.23. The number of ether oxygens (including phenoxy) is 1. The number of hydrogen-bond donors (Lipinski definition) is 3. The third kappa shape index (κ3) is 2.94. The van der Waals surface area contributed by atoms with Gasteiger partial charge in [-0.15, -0.1) is 0 Å². The summed E-state index contributed by atoms with van der Waals surface area (Å²) in [6, 6.07) is 12.4. The maximum atomic E-state index is 9.46. The second kappa shape index (κ2) is 7.25. The summed E-state index contributed by atoms with van der Waals surface area (Å²) in [5, 5.41) is 16.2. The molecule has 32 heavy (non-hydrogen) atoms. The van der Waals surface area contributed by atoms with Crippen molar-refractivity contribution in [2.75, 3.05) is 17.7 Å². The van der Waals surface area contributed by atoms with Crippen molar-refractivity contribution >= 4 is 17.3 Å². The molecule has 0 saturated carbocycles. The molecule has 4 heterocycles. The van der Waals surface area contributed by atoms with Crippen LogP contribution in [-0.4, -0.2) is 21.0 Å². The van der Waals surface area contributed by atoms with Crippen LogP contribution in [0.2, 0.25) is 0 Å². The number of nitrogens with two attached hydrogens (primary N) is 1. The van der Waals surface area contributed by atoms with Crippen molar-refractivity contribution < 1.29 is 4.74 Å². The van der Waals surface area contributed by atoms with Gasteiger partial charge < -0.3 is 21.1 Å². The molecule has 4 aromatic rings. The van der Waals surface area contributed by atoms with Gasteiger partial charge in [0.15, 0.2) is 11.3 Å². The van der Waals surface area contributed by atoms with Crippen LogP contribution in [0.3, 0.4) is 0 Å². The SMILES string of the molecule is N#Cc1cn2c(NCc3c(N)ccc4c3CCO4)ncc(-c3ccc4c(c3)CNC4)c2n1. The lowest BCUT2D eigenvalue weighted by atomic mass is 10.0. The fraction of sp³-hybridized carbons (Fsp3) is 0.208. The van der Waals surface area contributed by atoms with Crippen molar-refractivity contribution in [3.63, 3.8) is 0 Å². The van der Waals surface area contributed by atoms with Crippen molar-refractivity contribution in [3.8, 4) is 22.9 Å². The summed E-state index contributed by atoms with van der Waals surface area (Å²) in [4.78, 5) is 9.23. The highest BCUT2D eigenvalue weighted by Gasteiger charge is 2.20. The molecule has 0 fully saturated rings. The summed E-state index contributed by atoms with van der Waals surface area (Å²) in [6.07, 6.45) is 4.37. The van der Waals surface area contributed by atoms with Gasteiger partial charge in [-0.25, -0.2) is 9.97 Å². The lowest BCUT2D eigenvalue weighted by Crippen LogP contribution is -2.10. The van der Waals surface area contributed by atoms with Crippen LogP contribution in [0.4, 0.5) is 11.6 Å². The third-order valence-electron chi connectivity index (χ3n) is 6.21. The Labute approximate surface area is 184 Å². The van der Waals surface area contributed by atoms with Crippen LogP contribution in [0.5, 0.6) is 5.75 Å². The van der Waals surface area contributed by atoms with Crippen molar-refractivity contribution in [1.82, 2.24) is 19.7 Å². The number of imidazole rings is 1. The molecule has 0 atom stereocenters. The Morgan fingerprint density at radius 1 is 1.22 bits per heavy atom. The van der Waals surface area contributed by atoms with Crippen LogP contribution in [0.25, 0.3) is 16.8 Å². The molecule has 8 heteroatoms. The minimum Gasteiger partial charge on any atom is -0.493 e. The van der Waals surface area contributed by atoms with E-state index in [1.807, 2.05) is 22.7 Å². The number of aromatic nitrogens is 3. The molecule has 2 aromatic carbocycles. The van der Waals surface area contributed by atoms with Crippen molar-refractivity contribution in [1.29, 1.82) is 5.26 Å². The van der Waals surface area contributed by atoms with E-state index in [-0.39, 0.29) is 0 Å². The number of nitriles is 1. The van der Waals surface area contributed by atoms with Gasteiger partial charge >= 0.3 is 0 Å². The van der Waals surface area contributed by atoms with E-state index >= 15 is 0 Å². The summed E-state index contributed by atoms with van der Waals surface area (Å²) in [7, 11) is 0. The Morgan fingerprint density at radius 2 is 2.12 bits per heavy atom. The summed E-state index contributed by atoms with van der Waals surface area (Å²) in [6.45, 7) is 2.93. The van der Waals surface area contributed by atoms with E-state index in [0.717, 1.165) is 53.2 Å². The van der Waals surface area contributed by atoms with Gasteiger partial charge in [-0.2, -0.15) is 5.26 Å². The molecule has 4 N–H and O–H groups in total. The molecule has 0 radical (unpaired) electrons. The third-order valence-corrected chi connectivity index (χ3v) is 6.21. The molecular weight excluding hydrogens is 402 g/mol. The van der Waals surface area contributed by atoms with E-state index in [4.69, 9.17) is 10.5 Å². The zero-order chi connectivity index (χ0) is 21.7. The van der Waals surface area contributed by atoms with Crippen LogP contribution in [-0.2, 0) is 26.1 Å². The minimum atomic E-state index is 0.346. The second-order valence-corrected chi connectivity index (χ2v) is 8.08. The first-order chi connectivity index (χ1) is 15.7. The highest BCUT2D eigenvalue weighted by molar-refractivity contribution is 5.79. The van der Waals surface area contributed by atoms with Gasteiger partial charge in [-0.05, 0) is 34.9 Å². The van der Waals surface area contributed by atoms with Gasteiger partial charge in [0.2, 0.25) is 5.95 Å². The Morgan fingerprint density at radius 3 is 3.03 bits per heavy atom. The molecule has 2 aliphatic heterocycles. The molecule has 0 unspecified atom stereocenters. The molecule has 0 aliphatic carbocycles. The van der Waals surface area contributed by atoms with E-state index in [1.165, 1.54) is 11.1 Å². The highest BCUT2D eigenvalue weighted by Crippen LogP contribution is 2.33. The van der Waals surface area contributed by atoms with Crippen LogP contribution in [0, 0.1) is 11.3 Å². The maximum Gasteiger partial charge on any atom is 0.208 e. The zero-order valence-electron chi connectivity index (χ0n) is 17.4. The predicted octanol–water partition coefficient (Wildman–Crippen LogP) is 3.00. The van der Waals surface area contributed by atoms with Crippen LogP contribution in [0.1, 0.15) is 27.9 Å². The van der Waals surface area contributed by atoms with Gasteiger partial charge in [0.25, 0.3) is 0 Å². The lowest BCUT2D eigenvalue weighted by Gasteiger charge is -2.14. The summed E-state index contributed by atoms with van der Waals surface area (Å²) < 4.78 is 7.52. The van der Waals surface area contributed by atoms with Crippen LogP contribution >= 0.6 is 0 Å². The first-order valence-electron chi connectivity index (χ1n) is 10.6. The first kappa shape index (κ1) is 18.7. The molecule has 0 spiro atoms. The fourth-order valence-electron chi connectivity index (χ4n) is 4.57. The number of nitrogen functional groups attached to an aromatic ring is 1. The number of nitrogens with zero attached hydrogens (tertiary/aromatic N) is 4. The molecular formula is C24H21N7O. The first-order valence-corrected chi connectivity index (χ1v) is 10.6. The van der Waals surface area contributed by atoms with Gasteiger partial charge in [0.05, 0.1) is 12.8 Å². The van der Waals surface area contributed by atoms with Crippen LogP contribution in [0.15, 0.2) is 42.7 Å². The topological polar surface area (TPSA) is 113 Å². The van der Waals surface area contributed by atoms with E-state index < -0.39 is 0 Å². The molecule has 0 saturated heterocycles. The van der Waals surface area contributed by atoms with Crippen molar-refractivity contribution in [2.24, 2.45) is 0 Å². The summed E-state index contributed by atoms with van der Waals surface area (Å²) >= 11 is 0. The largest absolute Gasteiger partial charge is 0.493 e. The molecule has 0 bridgehead atoms. The average molecular weight is 423 g/mol. The fourth-order valence-corrected chi connectivity index (χ4v) is 4.57. The van der Waals surface area contributed by atoms with Crippen molar-refractivity contribution in [2.45, 2.75) is 26.1 Å². The Hall–Kier alpha value is -4.09. The van der Waals surface area contributed by atoms with E-state index in [1.54, 1.807) is 6.20 Å². The summed E-state index contributed by atoms with van der Waals surface area (Å²) in [5.41, 5.74) is 14.7. The monoisotopic (exact) mass is 423 g/mol. The smallest absolute Gasteiger partial charge is 0.208 e. The number of rotatable bonds is 4. The van der Waals surface area contributed by atoms with Crippen molar-refractivity contribution in [3.05, 3.63) is 70.7 Å². The van der Waals surface area contributed by atoms with Gasteiger partial charge in [-0.1, -0.05) is 12.1 Å². The predicted molar refractivity (Wildman–Crippen MR) is 121 cm³/mol. The number of nitrogens with one attached hydrogen (secondary N) is 2. The molecule has 158 valence electrons. The van der Waals surface area contributed by atoms with Gasteiger partial charge in [-0.3, -0.25) is 4.40 Å². The maximum absolute atomic E-state index is 9.46. The Bertz CT molecular complexity index is 1420. The number of anilines is 2. The Balaban J connectivity index is 1.39. The lowest BCUT2D eigenvalue weighted by molar-refractivity contribution is 0.357. The average Bonchev–Trinajstić information content (AvgIpc) is 3.56. The van der Waals surface area contributed by atoms with E-state index in [0.29, 0.717) is 30.4 Å². The number of benzene rings is 2. The van der Waals surface area contributed by atoms with Gasteiger partial charge in [0, 0.05) is 54.6 Å². The minimum absolute atomic E-state index is 0.346. The molecule has 2 aromatic heterocycles. The zero-order valence-corrected chi connectivity index (χ0v) is 17.4. The quantitative estimate of drug-likeness (QED) is 0.433. The second-order valence-electron chi connectivity index (χ2n) is 8.08. The normalized spacial score (nSPS) is 14.1. The molecule has 8 nitrogen and oxygen atoms in total. The molecule has 2 aliphatic rings. The number of fused-ring (bicyclic) bond motifs is 3.